The third kappa shape index (κ3) is 3.01. The number of furan rings is 1. The standard InChI is InChI=1S/C21H21NO4/c1-13-17-10-16(24-2)7-8-19(17)26-20(13)21(23)22-11-14-9-15-5-3-4-6-18(15)25-12-14/h3-8,10,14H,9,11-12H2,1-2H3,(H,22,23). The lowest BCUT2D eigenvalue weighted by Crippen LogP contribution is -2.34. The van der Waals surface area contributed by atoms with Gasteiger partial charge >= 0.3 is 0 Å². The Morgan fingerprint density at radius 2 is 2.12 bits per heavy atom. The third-order valence-electron chi connectivity index (χ3n) is 4.86. The molecule has 0 saturated carbocycles. The van der Waals surface area contributed by atoms with Gasteiger partial charge in [0.15, 0.2) is 5.76 Å². The van der Waals surface area contributed by atoms with E-state index < -0.39 is 0 Å². The number of rotatable bonds is 4. The molecule has 5 nitrogen and oxygen atoms in total. The zero-order chi connectivity index (χ0) is 18.1. The van der Waals surface area contributed by atoms with E-state index in [4.69, 9.17) is 13.9 Å². The van der Waals surface area contributed by atoms with Crippen LogP contribution in [0.4, 0.5) is 0 Å². The molecule has 2 aromatic carbocycles. The Morgan fingerprint density at radius 3 is 2.96 bits per heavy atom. The molecule has 1 aromatic heterocycles. The molecule has 1 unspecified atom stereocenters. The van der Waals surface area contributed by atoms with Crippen LogP contribution in [0, 0.1) is 12.8 Å². The van der Waals surface area contributed by atoms with Crippen LogP contribution in [0.15, 0.2) is 46.9 Å². The zero-order valence-electron chi connectivity index (χ0n) is 14.9. The highest BCUT2D eigenvalue weighted by atomic mass is 16.5. The summed E-state index contributed by atoms with van der Waals surface area (Å²) in [5.74, 6) is 2.09. The highest BCUT2D eigenvalue weighted by Gasteiger charge is 2.22. The van der Waals surface area contributed by atoms with Gasteiger partial charge in [-0.1, -0.05) is 18.2 Å². The number of hydrogen-bond donors (Lipinski definition) is 1. The van der Waals surface area contributed by atoms with Crippen LogP contribution in [0.5, 0.6) is 11.5 Å². The quantitative estimate of drug-likeness (QED) is 0.778. The van der Waals surface area contributed by atoms with Gasteiger partial charge in [0.05, 0.1) is 13.7 Å². The highest BCUT2D eigenvalue weighted by Crippen LogP contribution is 2.29. The highest BCUT2D eigenvalue weighted by molar-refractivity contribution is 5.99. The van der Waals surface area contributed by atoms with E-state index in [9.17, 15) is 4.79 Å². The Bertz CT molecular complexity index is 960. The average molecular weight is 351 g/mol. The van der Waals surface area contributed by atoms with E-state index in [1.807, 2.05) is 43.3 Å². The second-order valence-corrected chi connectivity index (χ2v) is 6.62. The van der Waals surface area contributed by atoms with Crippen molar-refractivity contribution in [2.24, 2.45) is 5.92 Å². The molecule has 0 bridgehead atoms. The van der Waals surface area contributed by atoms with Crippen LogP contribution in [-0.2, 0) is 6.42 Å². The summed E-state index contributed by atoms with van der Waals surface area (Å²) in [6.45, 7) is 3.04. The van der Waals surface area contributed by atoms with E-state index in [0.717, 1.165) is 28.9 Å². The molecule has 5 heteroatoms. The van der Waals surface area contributed by atoms with Crippen molar-refractivity contribution >= 4 is 16.9 Å². The number of para-hydroxylation sites is 1. The molecule has 1 N–H and O–H groups in total. The first kappa shape index (κ1) is 16.5. The van der Waals surface area contributed by atoms with Gasteiger partial charge in [0, 0.05) is 23.4 Å². The maximum Gasteiger partial charge on any atom is 0.287 e. The minimum absolute atomic E-state index is 0.198. The van der Waals surface area contributed by atoms with Crippen molar-refractivity contribution in [2.75, 3.05) is 20.3 Å². The fourth-order valence-corrected chi connectivity index (χ4v) is 3.38. The largest absolute Gasteiger partial charge is 0.497 e. The van der Waals surface area contributed by atoms with E-state index in [0.29, 0.717) is 24.5 Å². The molecule has 0 radical (unpaired) electrons. The molecule has 1 atom stereocenters. The van der Waals surface area contributed by atoms with Crippen molar-refractivity contribution in [1.82, 2.24) is 5.32 Å². The number of aryl methyl sites for hydroxylation is 1. The molecular weight excluding hydrogens is 330 g/mol. The Kier molecular flexibility index (Phi) is 4.29. The van der Waals surface area contributed by atoms with Crippen LogP contribution in [0.3, 0.4) is 0 Å². The van der Waals surface area contributed by atoms with Crippen LogP contribution >= 0.6 is 0 Å². The predicted octanol–water partition coefficient (Wildman–Crippen LogP) is 3.73. The topological polar surface area (TPSA) is 60.7 Å². The van der Waals surface area contributed by atoms with Gasteiger partial charge in [0.25, 0.3) is 5.91 Å². The number of ether oxygens (including phenoxy) is 2. The van der Waals surface area contributed by atoms with E-state index >= 15 is 0 Å². The van der Waals surface area contributed by atoms with E-state index in [1.165, 1.54) is 5.56 Å². The number of carbonyl (C=O) groups is 1. The van der Waals surface area contributed by atoms with E-state index in [-0.39, 0.29) is 11.8 Å². The SMILES string of the molecule is COc1ccc2oc(C(=O)NCC3COc4ccccc4C3)c(C)c2c1. The summed E-state index contributed by atoms with van der Waals surface area (Å²) in [6.07, 6.45) is 0.896. The lowest BCUT2D eigenvalue weighted by Gasteiger charge is -2.25. The molecular formula is C21H21NO4. The van der Waals surface area contributed by atoms with Crippen LogP contribution in [0.1, 0.15) is 21.7 Å². The van der Waals surface area contributed by atoms with Crippen molar-refractivity contribution in [1.29, 1.82) is 0 Å². The second-order valence-electron chi connectivity index (χ2n) is 6.62. The van der Waals surface area contributed by atoms with Crippen LogP contribution < -0.4 is 14.8 Å². The van der Waals surface area contributed by atoms with E-state index in [1.54, 1.807) is 7.11 Å². The van der Waals surface area contributed by atoms with Crippen LogP contribution in [0.25, 0.3) is 11.0 Å². The minimum atomic E-state index is -0.198. The zero-order valence-corrected chi connectivity index (χ0v) is 14.9. The molecule has 4 rings (SSSR count). The summed E-state index contributed by atoms with van der Waals surface area (Å²) in [6, 6.07) is 13.6. The predicted molar refractivity (Wildman–Crippen MR) is 99.0 cm³/mol. The van der Waals surface area contributed by atoms with Gasteiger partial charge in [-0.2, -0.15) is 0 Å². The number of carbonyl (C=O) groups excluding carboxylic acids is 1. The lowest BCUT2D eigenvalue weighted by molar-refractivity contribution is 0.0912. The first-order chi connectivity index (χ1) is 12.7. The first-order valence-electron chi connectivity index (χ1n) is 8.71. The first-order valence-corrected chi connectivity index (χ1v) is 8.71. The van der Waals surface area contributed by atoms with Gasteiger partial charge in [-0.05, 0) is 43.2 Å². The average Bonchev–Trinajstić information content (AvgIpc) is 3.02. The summed E-state index contributed by atoms with van der Waals surface area (Å²) < 4.78 is 16.8. The van der Waals surface area contributed by atoms with Gasteiger partial charge in [0.2, 0.25) is 0 Å². The van der Waals surface area contributed by atoms with Crippen LogP contribution in [-0.4, -0.2) is 26.2 Å². The summed E-state index contributed by atoms with van der Waals surface area (Å²) in [5, 5.41) is 3.88. The van der Waals surface area contributed by atoms with Crippen molar-refractivity contribution in [3.05, 3.63) is 59.4 Å². The summed E-state index contributed by atoms with van der Waals surface area (Å²) in [4.78, 5) is 12.6. The van der Waals surface area contributed by atoms with Crippen molar-refractivity contribution in [3.63, 3.8) is 0 Å². The molecule has 2 heterocycles. The Morgan fingerprint density at radius 1 is 1.27 bits per heavy atom. The molecule has 0 spiro atoms. The fraction of sp³-hybridized carbons (Fsp3) is 0.286. The number of amides is 1. The monoisotopic (exact) mass is 351 g/mol. The maximum atomic E-state index is 12.6. The number of nitrogens with one attached hydrogen (secondary N) is 1. The summed E-state index contributed by atoms with van der Waals surface area (Å²) in [7, 11) is 1.62. The number of benzene rings is 2. The fourth-order valence-electron chi connectivity index (χ4n) is 3.38. The molecule has 134 valence electrons. The normalized spacial score (nSPS) is 16.0. The molecule has 0 aliphatic carbocycles. The van der Waals surface area contributed by atoms with Crippen molar-refractivity contribution in [3.8, 4) is 11.5 Å². The maximum absolute atomic E-state index is 12.6. The molecule has 26 heavy (non-hydrogen) atoms. The molecule has 1 aliphatic heterocycles. The van der Waals surface area contributed by atoms with Gasteiger partial charge in [-0.15, -0.1) is 0 Å². The van der Waals surface area contributed by atoms with Crippen LogP contribution in [0.2, 0.25) is 0 Å². The molecule has 1 aliphatic rings. The van der Waals surface area contributed by atoms with Gasteiger partial charge in [0.1, 0.15) is 17.1 Å². The van der Waals surface area contributed by atoms with Gasteiger partial charge in [-0.3, -0.25) is 4.79 Å². The summed E-state index contributed by atoms with van der Waals surface area (Å²) in [5.41, 5.74) is 2.69. The van der Waals surface area contributed by atoms with Gasteiger partial charge < -0.3 is 19.2 Å². The smallest absolute Gasteiger partial charge is 0.287 e. The number of hydrogen-bond acceptors (Lipinski definition) is 4. The number of methoxy groups -OCH3 is 1. The van der Waals surface area contributed by atoms with Crippen molar-refractivity contribution in [2.45, 2.75) is 13.3 Å². The third-order valence-corrected chi connectivity index (χ3v) is 4.86. The van der Waals surface area contributed by atoms with Crippen molar-refractivity contribution < 1.29 is 18.7 Å². The number of fused-ring (bicyclic) bond motifs is 2. The second kappa shape index (κ2) is 6.75. The lowest BCUT2D eigenvalue weighted by atomic mass is 9.97. The Labute approximate surface area is 151 Å². The Balaban J connectivity index is 1.46. The molecule has 1 amide bonds. The minimum Gasteiger partial charge on any atom is -0.497 e. The van der Waals surface area contributed by atoms with E-state index in [2.05, 4.69) is 11.4 Å². The Hall–Kier alpha value is -2.95. The molecule has 3 aromatic rings. The van der Waals surface area contributed by atoms with Gasteiger partial charge in [-0.25, -0.2) is 0 Å². The molecule has 0 fully saturated rings. The summed E-state index contributed by atoms with van der Waals surface area (Å²) >= 11 is 0. The molecule has 0 saturated heterocycles.